The standard InChI is InChI=1S/C11H19NO2/c1-8-7-14-10(13)11(2,12-8)6-9-4-3-5-9/h8-9,12H,3-7H2,1-2H3/t8-,11-/m0/s1. The van der Waals surface area contributed by atoms with Gasteiger partial charge < -0.3 is 4.74 Å². The van der Waals surface area contributed by atoms with Crippen LogP contribution in [0.3, 0.4) is 0 Å². The molecule has 1 saturated carbocycles. The zero-order valence-electron chi connectivity index (χ0n) is 9.01. The van der Waals surface area contributed by atoms with Crippen LogP contribution in [-0.4, -0.2) is 24.2 Å². The van der Waals surface area contributed by atoms with Gasteiger partial charge in [0.25, 0.3) is 0 Å². The minimum Gasteiger partial charge on any atom is -0.463 e. The molecule has 2 atom stereocenters. The topological polar surface area (TPSA) is 38.3 Å². The summed E-state index contributed by atoms with van der Waals surface area (Å²) in [7, 11) is 0. The lowest BCUT2D eigenvalue weighted by Crippen LogP contribution is -2.60. The molecule has 2 rings (SSSR count). The van der Waals surface area contributed by atoms with Gasteiger partial charge in [0.15, 0.2) is 0 Å². The number of carbonyl (C=O) groups is 1. The average Bonchev–Trinajstić information content (AvgIpc) is 2.06. The summed E-state index contributed by atoms with van der Waals surface area (Å²) >= 11 is 0. The molecule has 0 bridgehead atoms. The Labute approximate surface area is 85.2 Å². The van der Waals surface area contributed by atoms with Gasteiger partial charge in [0, 0.05) is 6.04 Å². The second kappa shape index (κ2) is 3.54. The van der Waals surface area contributed by atoms with Gasteiger partial charge >= 0.3 is 5.97 Å². The lowest BCUT2D eigenvalue weighted by Gasteiger charge is -2.40. The summed E-state index contributed by atoms with van der Waals surface area (Å²) in [4.78, 5) is 11.7. The molecule has 3 heteroatoms. The van der Waals surface area contributed by atoms with Crippen molar-refractivity contribution in [1.29, 1.82) is 0 Å². The van der Waals surface area contributed by atoms with Crippen molar-refractivity contribution in [1.82, 2.24) is 5.32 Å². The van der Waals surface area contributed by atoms with Gasteiger partial charge in [0.1, 0.15) is 12.1 Å². The molecule has 0 aromatic rings. The Balaban J connectivity index is 1.98. The minimum atomic E-state index is -0.428. The van der Waals surface area contributed by atoms with E-state index in [1.54, 1.807) is 0 Å². The Hall–Kier alpha value is -0.570. The quantitative estimate of drug-likeness (QED) is 0.681. The number of hydrogen-bond donors (Lipinski definition) is 1. The normalized spacial score (nSPS) is 39.0. The van der Waals surface area contributed by atoms with E-state index in [1.165, 1.54) is 19.3 Å². The Morgan fingerprint density at radius 3 is 2.86 bits per heavy atom. The minimum absolute atomic E-state index is 0.0671. The molecule has 0 unspecified atom stereocenters. The molecule has 0 radical (unpaired) electrons. The molecule has 14 heavy (non-hydrogen) atoms. The number of carbonyl (C=O) groups excluding carboxylic acids is 1. The first-order chi connectivity index (χ1) is 6.60. The van der Waals surface area contributed by atoms with E-state index in [2.05, 4.69) is 12.2 Å². The highest BCUT2D eigenvalue weighted by atomic mass is 16.5. The van der Waals surface area contributed by atoms with Crippen molar-refractivity contribution in [3.05, 3.63) is 0 Å². The fourth-order valence-electron chi connectivity index (χ4n) is 2.42. The summed E-state index contributed by atoms with van der Waals surface area (Å²) in [6, 6.07) is 0.290. The molecule has 2 fully saturated rings. The van der Waals surface area contributed by atoms with E-state index in [-0.39, 0.29) is 12.0 Å². The van der Waals surface area contributed by atoms with E-state index < -0.39 is 5.54 Å². The van der Waals surface area contributed by atoms with E-state index in [0.717, 1.165) is 12.3 Å². The third kappa shape index (κ3) is 1.78. The molecule has 1 N–H and O–H groups in total. The van der Waals surface area contributed by atoms with Crippen molar-refractivity contribution in [2.45, 2.75) is 51.1 Å². The zero-order chi connectivity index (χ0) is 10.2. The molecular weight excluding hydrogens is 178 g/mol. The van der Waals surface area contributed by atoms with Crippen LogP contribution in [0.5, 0.6) is 0 Å². The van der Waals surface area contributed by atoms with Crippen LogP contribution < -0.4 is 5.32 Å². The summed E-state index contributed by atoms with van der Waals surface area (Å²) in [5.41, 5.74) is -0.428. The average molecular weight is 197 g/mol. The first-order valence-corrected chi connectivity index (χ1v) is 5.55. The van der Waals surface area contributed by atoms with Gasteiger partial charge in [-0.15, -0.1) is 0 Å². The number of morpholine rings is 1. The number of esters is 1. The molecule has 3 nitrogen and oxygen atoms in total. The number of nitrogens with one attached hydrogen (secondary N) is 1. The number of cyclic esters (lactones) is 1. The monoisotopic (exact) mass is 197 g/mol. The Bertz CT molecular complexity index is 237. The van der Waals surface area contributed by atoms with Crippen LogP contribution in [0.2, 0.25) is 0 Å². The first-order valence-electron chi connectivity index (χ1n) is 5.55. The van der Waals surface area contributed by atoms with E-state index in [1.807, 2.05) is 6.92 Å². The van der Waals surface area contributed by atoms with Gasteiger partial charge in [0.05, 0.1) is 0 Å². The van der Waals surface area contributed by atoms with Crippen LogP contribution in [0.15, 0.2) is 0 Å². The molecule has 1 aliphatic carbocycles. The highest BCUT2D eigenvalue weighted by molar-refractivity contribution is 5.81. The Kier molecular flexibility index (Phi) is 2.52. The van der Waals surface area contributed by atoms with Gasteiger partial charge in [-0.25, -0.2) is 0 Å². The van der Waals surface area contributed by atoms with E-state index in [0.29, 0.717) is 6.61 Å². The summed E-state index contributed by atoms with van der Waals surface area (Å²) in [5.74, 6) is 0.660. The molecule has 0 spiro atoms. The SMILES string of the molecule is C[C@H]1COC(=O)[C@](C)(CC2CCC2)N1. The second-order valence-electron chi connectivity index (χ2n) is 4.98. The highest BCUT2D eigenvalue weighted by Gasteiger charge is 2.42. The van der Waals surface area contributed by atoms with Gasteiger partial charge in [-0.1, -0.05) is 19.3 Å². The molecule has 1 aliphatic heterocycles. The van der Waals surface area contributed by atoms with Crippen molar-refractivity contribution in [2.75, 3.05) is 6.61 Å². The number of rotatable bonds is 2. The van der Waals surface area contributed by atoms with Crippen LogP contribution in [0.4, 0.5) is 0 Å². The summed E-state index contributed by atoms with van der Waals surface area (Å²) in [5, 5.41) is 3.37. The van der Waals surface area contributed by atoms with Gasteiger partial charge in [-0.2, -0.15) is 0 Å². The Morgan fingerprint density at radius 1 is 1.57 bits per heavy atom. The zero-order valence-corrected chi connectivity index (χ0v) is 9.01. The summed E-state index contributed by atoms with van der Waals surface area (Å²) in [6.07, 6.45) is 4.82. The smallest absolute Gasteiger partial charge is 0.326 e. The molecular formula is C11H19NO2. The fraction of sp³-hybridized carbons (Fsp3) is 0.909. The molecule has 1 heterocycles. The van der Waals surface area contributed by atoms with Gasteiger partial charge in [-0.3, -0.25) is 10.1 Å². The van der Waals surface area contributed by atoms with Crippen molar-refractivity contribution in [2.24, 2.45) is 5.92 Å². The third-order valence-electron chi connectivity index (χ3n) is 3.40. The lowest BCUT2D eigenvalue weighted by molar-refractivity contribution is -0.159. The molecule has 2 aliphatic rings. The molecule has 0 aromatic heterocycles. The van der Waals surface area contributed by atoms with Crippen molar-refractivity contribution in [3.63, 3.8) is 0 Å². The summed E-state index contributed by atoms with van der Waals surface area (Å²) < 4.78 is 5.17. The van der Waals surface area contributed by atoms with Gasteiger partial charge in [0.2, 0.25) is 0 Å². The second-order valence-corrected chi connectivity index (χ2v) is 4.98. The molecule has 80 valence electrons. The maximum atomic E-state index is 11.7. The molecule has 0 amide bonds. The molecule has 0 aromatic carbocycles. The maximum Gasteiger partial charge on any atom is 0.326 e. The molecule has 1 saturated heterocycles. The van der Waals surface area contributed by atoms with Crippen LogP contribution in [0.1, 0.15) is 39.5 Å². The Morgan fingerprint density at radius 2 is 2.29 bits per heavy atom. The van der Waals surface area contributed by atoms with E-state index in [4.69, 9.17) is 4.74 Å². The predicted octanol–water partition coefficient (Wildman–Crippen LogP) is 1.47. The lowest BCUT2D eigenvalue weighted by atomic mass is 9.76. The van der Waals surface area contributed by atoms with Crippen LogP contribution >= 0.6 is 0 Å². The highest BCUT2D eigenvalue weighted by Crippen LogP contribution is 2.35. The van der Waals surface area contributed by atoms with Crippen LogP contribution in [0, 0.1) is 5.92 Å². The van der Waals surface area contributed by atoms with Crippen LogP contribution in [0.25, 0.3) is 0 Å². The number of hydrogen-bond acceptors (Lipinski definition) is 3. The van der Waals surface area contributed by atoms with Gasteiger partial charge in [-0.05, 0) is 26.2 Å². The predicted molar refractivity (Wildman–Crippen MR) is 53.9 cm³/mol. The number of ether oxygens (including phenoxy) is 1. The third-order valence-corrected chi connectivity index (χ3v) is 3.40. The van der Waals surface area contributed by atoms with E-state index in [9.17, 15) is 4.79 Å². The largest absolute Gasteiger partial charge is 0.463 e. The first kappa shape index (κ1) is 9.97. The van der Waals surface area contributed by atoms with Crippen LogP contribution in [-0.2, 0) is 9.53 Å². The van der Waals surface area contributed by atoms with E-state index >= 15 is 0 Å². The van der Waals surface area contributed by atoms with Crippen molar-refractivity contribution in [3.8, 4) is 0 Å². The van der Waals surface area contributed by atoms with Crippen molar-refractivity contribution >= 4 is 5.97 Å². The maximum absolute atomic E-state index is 11.7. The van der Waals surface area contributed by atoms with Crippen molar-refractivity contribution < 1.29 is 9.53 Å². The summed E-state index contributed by atoms with van der Waals surface area (Å²) in [6.45, 7) is 4.55. The fourth-order valence-corrected chi connectivity index (χ4v) is 2.42.